The van der Waals surface area contributed by atoms with Crippen molar-refractivity contribution in [2.75, 3.05) is 13.2 Å². The molecule has 0 saturated heterocycles. The molecule has 0 spiro atoms. The van der Waals surface area contributed by atoms with Crippen LogP contribution in [0.5, 0.6) is 5.75 Å². The Morgan fingerprint density at radius 1 is 1.41 bits per heavy atom. The Morgan fingerprint density at radius 3 is 2.91 bits per heavy atom. The van der Waals surface area contributed by atoms with Crippen LogP contribution in [0.3, 0.4) is 0 Å². The van der Waals surface area contributed by atoms with Crippen molar-refractivity contribution in [2.24, 2.45) is 5.73 Å². The van der Waals surface area contributed by atoms with Gasteiger partial charge in [0.2, 0.25) is 0 Å². The van der Waals surface area contributed by atoms with E-state index < -0.39 is 11.6 Å². The van der Waals surface area contributed by atoms with Gasteiger partial charge in [-0.15, -0.1) is 12.4 Å². The fraction of sp³-hybridized carbons (Fsp3) is 0.357. The fourth-order valence-corrected chi connectivity index (χ4v) is 2.95. The zero-order valence-corrected chi connectivity index (χ0v) is 13.3. The summed E-state index contributed by atoms with van der Waals surface area (Å²) in [4.78, 5) is 3.08. The number of nitrogens with two attached hydrogens (primary N) is 1. The predicted octanol–water partition coefficient (Wildman–Crippen LogP) is 2.92. The van der Waals surface area contributed by atoms with E-state index in [1.165, 1.54) is 6.07 Å². The van der Waals surface area contributed by atoms with Crippen molar-refractivity contribution in [1.29, 1.82) is 0 Å². The summed E-state index contributed by atoms with van der Waals surface area (Å²) in [5.41, 5.74) is 6.99. The SMILES string of the molecule is Cl.NCCc1cn([C@H]2COc3c(F)cc(F)cc3C2)c(=S)[nH]1. The van der Waals surface area contributed by atoms with Gasteiger partial charge in [0, 0.05) is 36.4 Å². The number of aromatic nitrogens is 2. The number of ether oxygens (including phenoxy) is 1. The van der Waals surface area contributed by atoms with E-state index in [4.69, 9.17) is 22.7 Å². The monoisotopic (exact) mass is 347 g/mol. The highest BCUT2D eigenvalue weighted by molar-refractivity contribution is 7.71. The zero-order chi connectivity index (χ0) is 15.0. The lowest BCUT2D eigenvalue weighted by atomic mass is 10.0. The number of nitrogens with one attached hydrogen (secondary N) is 1. The number of hydrogen-bond acceptors (Lipinski definition) is 3. The number of benzene rings is 1. The van der Waals surface area contributed by atoms with Crippen LogP contribution in [-0.4, -0.2) is 22.7 Å². The van der Waals surface area contributed by atoms with Gasteiger partial charge >= 0.3 is 0 Å². The standard InChI is InChI=1S/C14H15F2N3OS.ClH/c15-9-3-8-4-11(7-20-13(8)12(16)5-9)19-6-10(1-2-17)18-14(19)21;/h3,5-6,11H,1-2,4,7,17H2,(H,18,21);1H/t11-;/m1./s1. The van der Waals surface area contributed by atoms with Crippen molar-refractivity contribution >= 4 is 24.6 Å². The molecule has 1 aromatic heterocycles. The summed E-state index contributed by atoms with van der Waals surface area (Å²) < 4.78 is 34.8. The number of rotatable bonds is 3. The molecule has 0 bridgehead atoms. The number of H-pyrrole nitrogens is 1. The Balaban J connectivity index is 0.00000176. The van der Waals surface area contributed by atoms with E-state index in [-0.39, 0.29) is 24.2 Å². The first-order valence-electron chi connectivity index (χ1n) is 6.69. The fourth-order valence-electron chi connectivity index (χ4n) is 2.61. The number of fused-ring (bicyclic) bond motifs is 1. The van der Waals surface area contributed by atoms with Crippen molar-refractivity contribution in [3.8, 4) is 5.75 Å². The maximum atomic E-state index is 13.6. The minimum absolute atomic E-state index is 0. The number of nitrogens with zero attached hydrogens (tertiary/aromatic N) is 1. The van der Waals surface area contributed by atoms with Gasteiger partial charge in [0.25, 0.3) is 0 Å². The highest BCUT2D eigenvalue weighted by Gasteiger charge is 2.25. The Hall–Kier alpha value is -1.44. The summed E-state index contributed by atoms with van der Waals surface area (Å²) in [5.74, 6) is -1.13. The Kier molecular flexibility index (Phi) is 5.20. The van der Waals surface area contributed by atoms with Gasteiger partial charge in [0.15, 0.2) is 16.3 Å². The van der Waals surface area contributed by atoms with Crippen LogP contribution in [0.15, 0.2) is 18.3 Å². The molecule has 2 aromatic rings. The summed E-state index contributed by atoms with van der Waals surface area (Å²) in [6, 6.07) is 2.05. The molecule has 2 heterocycles. The van der Waals surface area contributed by atoms with Gasteiger partial charge < -0.3 is 20.0 Å². The molecule has 120 valence electrons. The van der Waals surface area contributed by atoms with Gasteiger partial charge in [-0.2, -0.15) is 0 Å². The summed E-state index contributed by atoms with van der Waals surface area (Å²) >= 11 is 5.28. The van der Waals surface area contributed by atoms with Gasteiger partial charge in [-0.3, -0.25) is 0 Å². The molecule has 0 aliphatic carbocycles. The summed E-state index contributed by atoms with van der Waals surface area (Å²) in [6.07, 6.45) is 3.06. The lowest BCUT2D eigenvalue weighted by molar-refractivity contribution is 0.212. The molecule has 3 rings (SSSR count). The first-order chi connectivity index (χ1) is 10.1. The molecule has 3 N–H and O–H groups in total. The lowest BCUT2D eigenvalue weighted by Gasteiger charge is -2.26. The molecule has 0 radical (unpaired) electrons. The van der Waals surface area contributed by atoms with Crippen molar-refractivity contribution in [3.05, 3.63) is 46.0 Å². The van der Waals surface area contributed by atoms with E-state index in [9.17, 15) is 8.78 Å². The van der Waals surface area contributed by atoms with Crippen molar-refractivity contribution in [1.82, 2.24) is 9.55 Å². The minimum Gasteiger partial charge on any atom is -0.488 e. The molecule has 1 aliphatic rings. The topological polar surface area (TPSA) is 56.0 Å². The van der Waals surface area contributed by atoms with Gasteiger partial charge in [-0.25, -0.2) is 8.78 Å². The first kappa shape index (κ1) is 16.9. The normalized spacial score (nSPS) is 16.6. The largest absolute Gasteiger partial charge is 0.488 e. The van der Waals surface area contributed by atoms with Crippen LogP contribution in [0.2, 0.25) is 0 Å². The van der Waals surface area contributed by atoms with Crippen LogP contribution in [0.1, 0.15) is 17.3 Å². The second-order valence-corrected chi connectivity index (χ2v) is 5.46. The second kappa shape index (κ2) is 6.76. The zero-order valence-electron chi connectivity index (χ0n) is 11.6. The predicted molar refractivity (Wildman–Crippen MR) is 84.2 cm³/mol. The van der Waals surface area contributed by atoms with E-state index in [1.807, 2.05) is 10.8 Å². The summed E-state index contributed by atoms with van der Waals surface area (Å²) in [6.45, 7) is 0.819. The number of imidazole rings is 1. The molecule has 0 unspecified atom stereocenters. The molecule has 1 aromatic carbocycles. The number of aromatic amines is 1. The maximum Gasteiger partial charge on any atom is 0.177 e. The molecule has 22 heavy (non-hydrogen) atoms. The molecule has 0 fully saturated rings. The average molecular weight is 348 g/mol. The van der Waals surface area contributed by atoms with E-state index >= 15 is 0 Å². The average Bonchev–Trinajstić information content (AvgIpc) is 2.79. The molecule has 0 saturated carbocycles. The van der Waals surface area contributed by atoms with Gasteiger partial charge in [0.05, 0.1) is 6.04 Å². The van der Waals surface area contributed by atoms with E-state index in [0.717, 1.165) is 11.8 Å². The van der Waals surface area contributed by atoms with Crippen molar-refractivity contribution in [3.63, 3.8) is 0 Å². The van der Waals surface area contributed by atoms with E-state index in [1.54, 1.807) is 0 Å². The molecule has 1 aliphatic heterocycles. The van der Waals surface area contributed by atoms with Crippen LogP contribution < -0.4 is 10.5 Å². The maximum absolute atomic E-state index is 13.6. The summed E-state index contributed by atoms with van der Waals surface area (Å²) in [7, 11) is 0. The Bertz CT molecular complexity index is 731. The third kappa shape index (κ3) is 3.16. The molecular weight excluding hydrogens is 332 g/mol. The van der Waals surface area contributed by atoms with Crippen LogP contribution in [-0.2, 0) is 12.8 Å². The van der Waals surface area contributed by atoms with Gasteiger partial charge in [-0.1, -0.05) is 0 Å². The minimum atomic E-state index is -0.662. The van der Waals surface area contributed by atoms with Crippen LogP contribution in [0, 0.1) is 16.4 Å². The molecule has 8 heteroatoms. The molecule has 0 amide bonds. The molecular formula is C14H16ClF2N3OS. The molecule has 4 nitrogen and oxygen atoms in total. The summed E-state index contributed by atoms with van der Waals surface area (Å²) in [5, 5.41) is 0. The highest BCUT2D eigenvalue weighted by Crippen LogP contribution is 2.33. The van der Waals surface area contributed by atoms with Crippen molar-refractivity contribution < 1.29 is 13.5 Å². The van der Waals surface area contributed by atoms with E-state index in [2.05, 4.69) is 4.98 Å². The lowest BCUT2D eigenvalue weighted by Crippen LogP contribution is -2.25. The van der Waals surface area contributed by atoms with E-state index in [0.29, 0.717) is 36.3 Å². The number of hydrogen-bond donors (Lipinski definition) is 2. The highest BCUT2D eigenvalue weighted by atomic mass is 35.5. The second-order valence-electron chi connectivity index (χ2n) is 5.08. The first-order valence-corrected chi connectivity index (χ1v) is 7.10. The van der Waals surface area contributed by atoms with Gasteiger partial charge in [0.1, 0.15) is 12.4 Å². The quantitative estimate of drug-likeness (QED) is 0.839. The van der Waals surface area contributed by atoms with Crippen LogP contribution >= 0.6 is 24.6 Å². The van der Waals surface area contributed by atoms with Crippen LogP contribution in [0.4, 0.5) is 8.78 Å². The third-order valence-electron chi connectivity index (χ3n) is 3.56. The van der Waals surface area contributed by atoms with Crippen molar-refractivity contribution in [2.45, 2.75) is 18.9 Å². The molecule has 1 atom stereocenters. The Labute approximate surface area is 137 Å². The Morgan fingerprint density at radius 2 is 2.18 bits per heavy atom. The smallest absolute Gasteiger partial charge is 0.177 e. The van der Waals surface area contributed by atoms with Crippen LogP contribution in [0.25, 0.3) is 0 Å². The number of halogens is 3. The van der Waals surface area contributed by atoms with Gasteiger partial charge in [-0.05, 0) is 24.8 Å². The third-order valence-corrected chi connectivity index (χ3v) is 3.88.